The SMILES string of the molecule is COc1cccc(N2C[C@H](C(=O)NCCCN(C)C)CC2=O)c1. The molecular weight excluding hydrogens is 294 g/mol. The van der Waals surface area contributed by atoms with E-state index in [4.69, 9.17) is 4.74 Å². The van der Waals surface area contributed by atoms with E-state index in [1.807, 2.05) is 38.4 Å². The second-order valence-corrected chi connectivity index (χ2v) is 6.05. The molecule has 0 aromatic heterocycles. The van der Waals surface area contributed by atoms with E-state index in [1.54, 1.807) is 12.0 Å². The van der Waals surface area contributed by atoms with Crippen LogP contribution in [0.3, 0.4) is 0 Å². The zero-order valence-corrected chi connectivity index (χ0v) is 14.0. The van der Waals surface area contributed by atoms with Gasteiger partial charge in [-0.3, -0.25) is 9.59 Å². The number of methoxy groups -OCH3 is 1. The van der Waals surface area contributed by atoms with Crippen molar-refractivity contribution in [3.63, 3.8) is 0 Å². The van der Waals surface area contributed by atoms with Crippen molar-refractivity contribution >= 4 is 17.5 Å². The molecule has 6 heteroatoms. The lowest BCUT2D eigenvalue weighted by atomic mass is 10.1. The number of hydrogen-bond acceptors (Lipinski definition) is 4. The van der Waals surface area contributed by atoms with Gasteiger partial charge in [-0.05, 0) is 39.2 Å². The standard InChI is InChI=1S/C17H25N3O3/c1-19(2)9-5-8-18-17(22)13-10-16(21)20(12-13)14-6-4-7-15(11-14)23-3/h4,6-7,11,13H,5,8-10,12H2,1-3H3,(H,18,22)/t13-/m1/s1. The van der Waals surface area contributed by atoms with E-state index < -0.39 is 0 Å². The number of carbonyl (C=O) groups excluding carboxylic acids is 2. The molecule has 1 aliphatic heterocycles. The van der Waals surface area contributed by atoms with E-state index in [0.29, 0.717) is 18.8 Å². The third-order valence-corrected chi connectivity index (χ3v) is 3.94. The van der Waals surface area contributed by atoms with E-state index in [2.05, 4.69) is 10.2 Å². The highest BCUT2D eigenvalue weighted by atomic mass is 16.5. The topological polar surface area (TPSA) is 61.9 Å². The van der Waals surface area contributed by atoms with E-state index in [1.165, 1.54) is 0 Å². The van der Waals surface area contributed by atoms with Crippen molar-refractivity contribution in [1.29, 1.82) is 0 Å². The van der Waals surface area contributed by atoms with Crippen LogP contribution in [0.5, 0.6) is 5.75 Å². The quantitative estimate of drug-likeness (QED) is 0.765. The minimum absolute atomic E-state index is 0.0216. The van der Waals surface area contributed by atoms with Crippen LogP contribution in [-0.4, -0.2) is 57.6 Å². The summed E-state index contributed by atoms with van der Waals surface area (Å²) in [6.07, 6.45) is 1.16. The van der Waals surface area contributed by atoms with Crippen LogP contribution in [0.25, 0.3) is 0 Å². The lowest BCUT2D eigenvalue weighted by molar-refractivity contribution is -0.126. The Kier molecular flexibility index (Phi) is 5.98. The highest BCUT2D eigenvalue weighted by molar-refractivity contribution is 6.00. The molecule has 6 nitrogen and oxygen atoms in total. The Bertz CT molecular complexity index is 560. The molecule has 1 N–H and O–H groups in total. The number of nitrogens with one attached hydrogen (secondary N) is 1. The largest absolute Gasteiger partial charge is 0.497 e. The predicted octanol–water partition coefficient (Wildman–Crippen LogP) is 1.12. The molecular formula is C17H25N3O3. The second kappa shape index (κ2) is 7.97. The summed E-state index contributed by atoms with van der Waals surface area (Å²) in [5, 5.41) is 2.93. The first-order valence-corrected chi connectivity index (χ1v) is 7.88. The van der Waals surface area contributed by atoms with Crippen LogP contribution in [0.4, 0.5) is 5.69 Å². The van der Waals surface area contributed by atoms with Gasteiger partial charge in [-0.25, -0.2) is 0 Å². The van der Waals surface area contributed by atoms with Gasteiger partial charge in [-0.1, -0.05) is 6.07 Å². The zero-order valence-electron chi connectivity index (χ0n) is 14.0. The van der Waals surface area contributed by atoms with Gasteiger partial charge >= 0.3 is 0 Å². The molecule has 0 saturated carbocycles. The van der Waals surface area contributed by atoms with Gasteiger partial charge in [0.25, 0.3) is 0 Å². The average molecular weight is 319 g/mol. The number of amides is 2. The van der Waals surface area contributed by atoms with E-state index in [-0.39, 0.29) is 24.2 Å². The van der Waals surface area contributed by atoms with Crippen LogP contribution in [0.2, 0.25) is 0 Å². The molecule has 1 aliphatic rings. The molecule has 1 saturated heterocycles. The van der Waals surface area contributed by atoms with Gasteiger partial charge in [-0.15, -0.1) is 0 Å². The molecule has 0 aliphatic carbocycles. The number of ether oxygens (including phenoxy) is 1. The fourth-order valence-electron chi connectivity index (χ4n) is 2.66. The summed E-state index contributed by atoms with van der Waals surface area (Å²) in [5.41, 5.74) is 0.775. The van der Waals surface area contributed by atoms with Gasteiger partial charge in [0.1, 0.15) is 5.75 Å². The Morgan fingerprint density at radius 3 is 2.91 bits per heavy atom. The summed E-state index contributed by atoms with van der Waals surface area (Å²) in [4.78, 5) is 28.2. The molecule has 1 heterocycles. The van der Waals surface area contributed by atoms with Crippen molar-refractivity contribution in [2.24, 2.45) is 5.92 Å². The first-order chi connectivity index (χ1) is 11.0. The number of benzene rings is 1. The monoisotopic (exact) mass is 319 g/mol. The van der Waals surface area contributed by atoms with Crippen molar-refractivity contribution in [3.05, 3.63) is 24.3 Å². The summed E-state index contributed by atoms with van der Waals surface area (Å²) in [5.74, 6) is 0.356. The van der Waals surface area contributed by atoms with Gasteiger partial charge in [0.05, 0.1) is 13.0 Å². The van der Waals surface area contributed by atoms with Crippen molar-refractivity contribution in [2.75, 3.05) is 45.7 Å². The fraction of sp³-hybridized carbons (Fsp3) is 0.529. The van der Waals surface area contributed by atoms with Crippen LogP contribution in [-0.2, 0) is 9.59 Å². The molecule has 1 fully saturated rings. The molecule has 23 heavy (non-hydrogen) atoms. The normalized spacial score (nSPS) is 17.7. The van der Waals surface area contributed by atoms with Crippen LogP contribution in [0.1, 0.15) is 12.8 Å². The Morgan fingerprint density at radius 2 is 2.22 bits per heavy atom. The Hall–Kier alpha value is -2.08. The van der Waals surface area contributed by atoms with E-state index in [0.717, 1.165) is 18.7 Å². The molecule has 0 spiro atoms. The maximum absolute atomic E-state index is 12.2. The molecule has 0 radical (unpaired) electrons. The van der Waals surface area contributed by atoms with Crippen LogP contribution >= 0.6 is 0 Å². The van der Waals surface area contributed by atoms with Crippen LogP contribution < -0.4 is 15.0 Å². The Balaban J connectivity index is 1.90. The summed E-state index contributed by atoms with van der Waals surface area (Å²) >= 11 is 0. The van der Waals surface area contributed by atoms with Crippen LogP contribution in [0.15, 0.2) is 24.3 Å². The molecule has 2 amide bonds. The minimum Gasteiger partial charge on any atom is -0.497 e. The number of nitrogens with zero attached hydrogens (tertiary/aromatic N) is 2. The van der Waals surface area contributed by atoms with Gasteiger partial charge in [0, 0.05) is 31.3 Å². The van der Waals surface area contributed by atoms with Crippen molar-refractivity contribution in [1.82, 2.24) is 10.2 Å². The smallest absolute Gasteiger partial charge is 0.227 e. The Labute approximate surface area is 137 Å². The summed E-state index contributed by atoms with van der Waals surface area (Å²) in [6, 6.07) is 7.35. The Morgan fingerprint density at radius 1 is 1.43 bits per heavy atom. The van der Waals surface area contributed by atoms with E-state index in [9.17, 15) is 9.59 Å². The first kappa shape index (κ1) is 17.3. The summed E-state index contributed by atoms with van der Waals surface area (Å²) in [7, 11) is 5.60. The average Bonchev–Trinajstić information content (AvgIpc) is 2.93. The molecule has 0 bridgehead atoms. The maximum atomic E-state index is 12.2. The predicted molar refractivity (Wildman–Crippen MR) is 89.6 cm³/mol. The highest BCUT2D eigenvalue weighted by Gasteiger charge is 2.35. The maximum Gasteiger partial charge on any atom is 0.227 e. The van der Waals surface area contributed by atoms with Crippen LogP contribution in [0, 0.1) is 5.92 Å². The summed E-state index contributed by atoms with van der Waals surface area (Å²) < 4.78 is 5.19. The fourth-order valence-corrected chi connectivity index (χ4v) is 2.66. The number of rotatable bonds is 7. The minimum atomic E-state index is -0.284. The van der Waals surface area contributed by atoms with Gasteiger partial charge in [0.15, 0.2) is 0 Å². The zero-order chi connectivity index (χ0) is 16.8. The van der Waals surface area contributed by atoms with Crippen molar-refractivity contribution in [3.8, 4) is 5.75 Å². The number of anilines is 1. The third kappa shape index (κ3) is 4.69. The summed E-state index contributed by atoms with van der Waals surface area (Å²) in [6.45, 7) is 1.99. The lowest BCUT2D eigenvalue weighted by Crippen LogP contribution is -2.34. The van der Waals surface area contributed by atoms with Gasteiger partial charge in [0.2, 0.25) is 11.8 Å². The van der Waals surface area contributed by atoms with Crippen molar-refractivity contribution < 1.29 is 14.3 Å². The van der Waals surface area contributed by atoms with Gasteiger partial charge in [-0.2, -0.15) is 0 Å². The molecule has 1 atom stereocenters. The molecule has 1 aromatic carbocycles. The second-order valence-electron chi connectivity index (χ2n) is 6.05. The van der Waals surface area contributed by atoms with Crippen molar-refractivity contribution in [2.45, 2.75) is 12.8 Å². The number of carbonyl (C=O) groups is 2. The molecule has 0 unspecified atom stereocenters. The molecule has 126 valence electrons. The highest BCUT2D eigenvalue weighted by Crippen LogP contribution is 2.27. The van der Waals surface area contributed by atoms with E-state index >= 15 is 0 Å². The van der Waals surface area contributed by atoms with Gasteiger partial charge < -0.3 is 19.9 Å². The lowest BCUT2D eigenvalue weighted by Gasteiger charge is -2.17. The molecule has 2 rings (SSSR count). The first-order valence-electron chi connectivity index (χ1n) is 7.88. The molecule has 1 aromatic rings. The number of hydrogen-bond donors (Lipinski definition) is 1. The third-order valence-electron chi connectivity index (χ3n) is 3.94.